The molecule has 0 saturated heterocycles. The predicted octanol–water partition coefficient (Wildman–Crippen LogP) is 3.01. The van der Waals surface area contributed by atoms with Gasteiger partial charge >= 0.3 is 0 Å². The minimum atomic E-state index is -0.102. The number of aromatic nitrogens is 1. The molecule has 1 aromatic heterocycles. The molecule has 0 spiro atoms. The highest BCUT2D eigenvalue weighted by Crippen LogP contribution is 2.62. The number of amides is 1. The van der Waals surface area contributed by atoms with Gasteiger partial charge < -0.3 is 5.32 Å². The molecular weight excluding hydrogens is 280 g/mol. The molecule has 92 valence electrons. The maximum Gasteiger partial charge on any atom is 0.270 e. The average Bonchev–Trinajstić information content (AvgIpc) is 2.61. The van der Waals surface area contributed by atoms with Gasteiger partial charge in [-0.2, -0.15) is 0 Å². The number of hydrogen-bond donors (Lipinski definition) is 1. The van der Waals surface area contributed by atoms with Crippen molar-refractivity contribution in [3.05, 3.63) is 28.5 Å². The molecule has 2 rings (SSSR count). The highest BCUT2D eigenvalue weighted by molar-refractivity contribution is 9.10. The second-order valence-electron chi connectivity index (χ2n) is 5.70. The number of halogens is 1. The van der Waals surface area contributed by atoms with Gasteiger partial charge in [0, 0.05) is 6.04 Å². The van der Waals surface area contributed by atoms with E-state index in [-0.39, 0.29) is 22.8 Å². The van der Waals surface area contributed by atoms with Crippen LogP contribution < -0.4 is 5.32 Å². The zero-order valence-corrected chi connectivity index (χ0v) is 12.1. The molecule has 4 heteroatoms. The predicted molar refractivity (Wildman–Crippen MR) is 70.8 cm³/mol. The van der Waals surface area contributed by atoms with Gasteiger partial charge in [0.1, 0.15) is 10.3 Å². The summed E-state index contributed by atoms with van der Waals surface area (Å²) in [5, 5.41) is 3.06. The lowest BCUT2D eigenvalue weighted by atomic mass is 10.0. The van der Waals surface area contributed by atoms with Crippen molar-refractivity contribution in [2.24, 2.45) is 10.8 Å². The fraction of sp³-hybridized carbons (Fsp3) is 0.538. The second-order valence-corrected chi connectivity index (χ2v) is 6.51. The smallest absolute Gasteiger partial charge is 0.270 e. The maximum absolute atomic E-state index is 12.0. The van der Waals surface area contributed by atoms with Crippen LogP contribution in [0.4, 0.5) is 0 Å². The minimum Gasteiger partial charge on any atom is -0.347 e. The minimum absolute atomic E-state index is 0.102. The van der Waals surface area contributed by atoms with Gasteiger partial charge in [0.05, 0.1) is 0 Å². The molecule has 0 aromatic carbocycles. The normalized spacial score (nSPS) is 21.0. The topological polar surface area (TPSA) is 42.0 Å². The van der Waals surface area contributed by atoms with Crippen molar-refractivity contribution in [2.75, 3.05) is 0 Å². The van der Waals surface area contributed by atoms with Crippen molar-refractivity contribution in [1.82, 2.24) is 10.3 Å². The Bertz CT molecular complexity index is 454. The third-order valence-corrected chi connectivity index (χ3v) is 4.69. The van der Waals surface area contributed by atoms with Gasteiger partial charge in [0.2, 0.25) is 0 Å². The largest absolute Gasteiger partial charge is 0.347 e. The van der Waals surface area contributed by atoms with Crippen LogP contribution in [0, 0.1) is 10.8 Å². The van der Waals surface area contributed by atoms with E-state index < -0.39 is 0 Å². The molecule has 0 bridgehead atoms. The van der Waals surface area contributed by atoms with E-state index in [9.17, 15) is 4.79 Å². The molecule has 3 nitrogen and oxygen atoms in total. The summed E-state index contributed by atoms with van der Waals surface area (Å²) in [4.78, 5) is 16.2. The summed E-state index contributed by atoms with van der Waals surface area (Å²) in [6.07, 6.45) is 0. The Morgan fingerprint density at radius 3 is 2.35 bits per heavy atom. The quantitative estimate of drug-likeness (QED) is 0.853. The maximum atomic E-state index is 12.0. The SMILES string of the molecule is CC1(C)C(NC(=O)c2cccc(Br)n2)C1(C)C. The van der Waals surface area contributed by atoms with Gasteiger partial charge in [-0.05, 0) is 38.9 Å². The molecule has 0 unspecified atom stereocenters. The first-order valence-corrected chi connectivity index (χ1v) is 6.49. The van der Waals surface area contributed by atoms with Gasteiger partial charge in [0.25, 0.3) is 5.91 Å². The van der Waals surface area contributed by atoms with Crippen LogP contribution >= 0.6 is 15.9 Å². The summed E-state index contributed by atoms with van der Waals surface area (Å²) >= 11 is 3.27. The molecule has 1 N–H and O–H groups in total. The van der Waals surface area contributed by atoms with Crippen LogP contribution in [0.3, 0.4) is 0 Å². The highest BCUT2D eigenvalue weighted by atomic mass is 79.9. The molecule has 1 aromatic rings. The highest BCUT2D eigenvalue weighted by Gasteiger charge is 2.65. The lowest BCUT2D eigenvalue weighted by Crippen LogP contribution is -2.30. The van der Waals surface area contributed by atoms with Crippen molar-refractivity contribution in [3.8, 4) is 0 Å². The molecule has 0 aliphatic heterocycles. The van der Waals surface area contributed by atoms with E-state index in [1.807, 2.05) is 12.1 Å². The third-order valence-electron chi connectivity index (χ3n) is 4.24. The Kier molecular flexibility index (Phi) is 2.81. The Morgan fingerprint density at radius 2 is 1.88 bits per heavy atom. The van der Waals surface area contributed by atoms with Crippen molar-refractivity contribution in [3.63, 3.8) is 0 Å². The Labute approximate surface area is 110 Å². The van der Waals surface area contributed by atoms with Gasteiger partial charge in [-0.1, -0.05) is 33.8 Å². The first kappa shape index (κ1) is 12.6. The molecule has 1 aliphatic carbocycles. The lowest BCUT2D eigenvalue weighted by Gasteiger charge is -2.06. The van der Waals surface area contributed by atoms with Crippen molar-refractivity contribution >= 4 is 21.8 Å². The third kappa shape index (κ3) is 1.99. The van der Waals surface area contributed by atoms with Gasteiger partial charge in [-0.3, -0.25) is 4.79 Å². The number of carbonyl (C=O) groups excluding carboxylic acids is 1. The molecule has 1 saturated carbocycles. The van der Waals surface area contributed by atoms with E-state index in [1.54, 1.807) is 6.07 Å². The monoisotopic (exact) mass is 296 g/mol. The summed E-state index contributed by atoms with van der Waals surface area (Å²) in [6.45, 7) is 8.69. The summed E-state index contributed by atoms with van der Waals surface area (Å²) in [6, 6.07) is 5.56. The first-order chi connectivity index (χ1) is 7.76. The second kappa shape index (κ2) is 3.80. The zero-order valence-electron chi connectivity index (χ0n) is 10.5. The number of hydrogen-bond acceptors (Lipinski definition) is 2. The average molecular weight is 297 g/mol. The van der Waals surface area contributed by atoms with Gasteiger partial charge in [0.15, 0.2) is 0 Å². The Morgan fingerprint density at radius 1 is 1.29 bits per heavy atom. The van der Waals surface area contributed by atoms with E-state index in [4.69, 9.17) is 0 Å². The van der Waals surface area contributed by atoms with Gasteiger partial charge in [-0.25, -0.2) is 4.98 Å². The van der Waals surface area contributed by atoms with E-state index >= 15 is 0 Å². The molecule has 1 aliphatic rings. The fourth-order valence-corrected chi connectivity index (χ4v) is 2.64. The van der Waals surface area contributed by atoms with E-state index in [2.05, 4.69) is 53.9 Å². The summed E-state index contributed by atoms with van der Waals surface area (Å²) in [5.74, 6) is -0.102. The van der Waals surface area contributed by atoms with Crippen molar-refractivity contribution < 1.29 is 4.79 Å². The van der Waals surface area contributed by atoms with Crippen LogP contribution in [0.25, 0.3) is 0 Å². The number of rotatable bonds is 2. The van der Waals surface area contributed by atoms with Crippen LogP contribution in [-0.4, -0.2) is 16.9 Å². The Hall–Kier alpha value is -0.900. The van der Waals surface area contributed by atoms with Crippen molar-refractivity contribution in [1.29, 1.82) is 0 Å². The summed E-state index contributed by atoms with van der Waals surface area (Å²) in [5.41, 5.74) is 0.751. The molecule has 1 heterocycles. The first-order valence-electron chi connectivity index (χ1n) is 5.70. The molecular formula is C13H17BrN2O. The number of pyridine rings is 1. The standard InChI is InChI=1S/C13H17BrN2O/c1-12(2)11(13(12,3)4)16-10(17)8-6-5-7-9(14)15-8/h5-7,11H,1-4H3,(H,16,17). The van der Waals surface area contributed by atoms with Crippen LogP contribution in [0.5, 0.6) is 0 Å². The molecule has 1 fully saturated rings. The summed E-state index contributed by atoms with van der Waals surface area (Å²) < 4.78 is 0.680. The number of nitrogens with one attached hydrogen (secondary N) is 1. The zero-order chi connectivity index (χ0) is 12.8. The number of carbonyl (C=O) groups is 1. The molecule has 0 atom stereocenters. The number of nitrogens with zero attached hydrogens (tertiary/aromatic N) is 1. The molecule has 17 heavy (non-hydrogen) atoms. The fourth-order valence-electron chi connectivity index (χ4n) is 2.30. The van der Waals surface area contributed by atoms with Crippen LogP contribution in [0.2, 0.25) is 0 Å². The van der Waals surface area contributed by atoms with E-state index in [0.717, 1.165) is 0 Å². The molecule has 0 radical (unpaired) electrons. The van der Waals surface area contributed by atoms with Crippen LogP contribution in [0.15, 0.2) is 22.8 Å². The van der Waals surface area contributed by atoms with E-state index in [1.165, 1.54) is 0 Å². The van der Waals surface area contributed by atoms with Gasteiger partial charge in [-0.15, -0.1) is 0 Å². The molecule has 1 amide bonds. The van der Waals surface area contributed by atoms with E-state index in [0.29, 0.717) is 10.3 Å². The van der Waals surface area contributed by atoms with Crippen LogP contribution in [-0.2, 0) is 0 Å². The van der Waals surface area contributed by atoms with Crippen LogP contribution in [0.1, 0.15) is 38.2 Å². The van der Waals surface area contributed by atoms with Crippen molar-refractivity contribution in [2.45, 2.75) is 33.7 Å². The Balaban J connectivity index is 2.10. The summed E-state index contributed by atoms with van der Waals surface area (Å²) in [7, 11) is 0. The lowest BCUT2D eigenvalue weighted by molar-refractivity contribution is 0.0938.